The van der Waals surface area contributed by atoms with Gasteiger partial charge < -0.3 is 10.4 Å². The molecule has 0 spiro atoms. The van der Waals surface area contributed by atoms with Crippen molar-refractivity contribution in [2.24, 2.45) is 0 Å². The minimum absolute atomic E-state index is 0.0723. The summed E-state index contributed by atoms with van der Waals surface area (Å²) < 4.78 is 43.3. The van der Waals surface area contributed by atoms with E-state index in [4.69, 9.17) is 0 Å². The minimum atomic E-state index is -2.68. The van der Waals surface area contributed by atoms with Crippen molar-refractivity contribution in [1.82, 2.24) is 9.71 Å². The van der Waals surface area contributed by atoms with Crippen LogP contribution in [0.4, 0.5) is 24.7 Å². The number of nitrogens with one attached hydrogen (secondary N) is 2. The Hall–Kier alpha value is -2.62. The Labute approximate surface area is 145 Å². The Kier molecular flexibility index (Phi) is 4.88. The third-order valence-corrected chi connectivity index (χ3v) is 4.23. The van der Waals surface area contributed by atoms with E-state index in [0.29, 0.717) is 5.56 Å². The molecule has 0 atom stereocenters. The lowest BCUT2D eigenvalue weighted by atomic mass is 10.1. The maximum Gasteiger partial charge on any atom is 0.280 e. The minimum Gasteiger partial charge on any atom is -0.506 e. The molecule has 2 aromatic rings. The highest BCUT2D eigenvalue weighted by atomic mass is 32.2. The van der Waals surface area contributed by atoms with Gasteiger partial charge in [0.25, 0.3) is 12.3 Å². The van der Waals surface area contributed by atoms with Crippen molar-refractivity contribution in [2.45, 2.75) is 13.0 Å². The molecule has 1 aromatic heterocycles. The number of hydrogen-bond donors (Lipinski definition) is 3. The van der Waals surface area contributed by atoms with Gasteiger partial charge in [-0.15, -0.1) is 0 Å². The number of nitrogens with zero attached hydrogens (tertiary/aromatic N) is 2. The van der Waals surface area contributed by atoms with Crippen LogP contribution in [0.3, 0.4) is 0 Å². The number of alkyl halides is 2. The number of carbonyl (C=O) groups is 1. The van der Waals surface area contributed by atoms with Crippen LogP contribution < -0.4 is 14.3 Å². The van der Waals surface area contributed by atoms with Crippen molar-refractivity contribution in [3.05, 3.63) is 47.4 Å². The molecule has 3 N–H and O–H groups in total. The van der Waals surface area contributed by atoms with Gasteiger partial charge in [0.2, 0.25) is 0 Å². The molecular formula is C15H13F3N4O2S. The molecule has 1 saturated heterocycles. The zero-order valence-corrected chi connectivity index (χ0v) is 13.5. The summed E-state index contributed by atoms with van der Waals surface area (Å²) in [7, 11) is 0. The van der Waals surface area contributed by atoms with E-state index in [9.17, 15) is 23.1 Å². The van der Waals surface area contributed by atoms with Gasteiger partial charge in [0.05, 0.1) is 12.1 Å². The highest BCUT2D eigenvalue weighted by molar-refractivity contribution is 7.99. The van der Waals surface area contributed by atoms with Gasteiger partial charge >= 0.3 is 0 Å². The van der Waals surface area contributed by atoms with Gasteiger partial charge in [0, 0.05) is 6.54 Å². The van der Waals surface area contributed by atoms with Crippen LogP contribution in [0.25, 0.3) is 0 Å². The molecule has 1 aromatic carbocycles. The van der Waals surface area contributed by atoms with Crippen LogP contribution in [-0.4, -0.2) is 22.5 Å². The second-order valence-electron chi connectivity index (χ2n) is 5.20. The summed E-state index contributed by atoms with van der Waals surface area (Å²) in [4.78, 5) is 14.9. The number of anilines is 2. The van der Waals surface area contributed by atoms with Gasteiger partial charge in [0.15, 0.2) is 5.82 Å². The van der Waals surface area contributed by atoms with Gasteiger partial charge in [-0.05, 0) is 29.8 Å². The molecular weight excluding hydrogens is 357 g/mol. The second-order valence-corrected chi connectivity index (χ2v) is 6.03. The van der Waals surface area contributed by atoms with Crippen molar-refractivity contribution < 1.29 is 23.1 Å². The van der Waals surface area contributed by atoms with Crippen LogP contribution in [0.1, 0.15) is 17.7 Å². The van der Waals surface area contributed by atoms with Crippen molar-refractivity contribution >= 4 is 29.5 Å². The van der Waals surface area contributed by atoms with Crippen molar-refractivity contribution in [3.63, 3.8) is 0 Å². The van der Waals surface area contributed by atoms with E-state index in [1.54, 1.807) is 0 Å². The Morgan fingerprint density at radius 1 is 1.40 bits per heavy atom. The number of benzene rings is 1. The monoisotopic (exact) mass is 370 g/mol. The summed E-state index contributed by atoms with van der Waals surface area (Å²) in [5.74, 6) is -1.10. The van der Waals surface area contributed by atoms with Gasteiger partial charge in [-0.3, -0.25) is 13.8 Å². The zero-order valence-electron chi connectivity index (χ0n) is 12.7. The molecule has 6 nitrogen and oxygen atoms in total. The Morgan fingerprint density at radius 2 is 2.20 bits per heavy atom. The van der Waals surface area contributed by atoms with Gasteiger partial charge in [-0.25, -0.2) is 18.2 Å². The van der Waals surface area contributed by atoms with E-state index in [1.807, 2.05) is 0 Å². The molecule has 1 aliphatic heterocycles. The van der Waals surface area contributed by atoms with Crippen molar-refractivity contribution in [2.75, 3.05) is 16.2 Å². The Morgan fingerprint density at radius 3 is 2.84 bits per heavy atom. The van der Waals surface area contributed by atoms with Crippen LogP contribution in [-0.2, 0) is 11.3 Å². The number of aromatic nitrogens is 1. The van der Waals surface area contributed by atoms with Crippen molar-refractivity contribution in [3.8, 4) is 5.75 Å². The van der Waals surface area contributed by atoms with E-state index in [-0.39, 0.29) is 41.9 Å². The molecule has 25 heavy (non-hydrogen) atoms. The fourth-order valence-electron chi connectivity index (χ4n) is 2.28. The van der Waals surface area contributed by atoms with Crippen LogP contribution in [0, 0.1) is 5.82 Å². The number of amides is 1. The first kappa shape index (κ1) is 17.2. The van der Waals surface area contributed by atoms with Crippen molar-refractivity contribution in [1.29, 1.82) is 0 Å². The Balaban J connectivity index is 1.73. The SMILES string of the molecule is O=C1CN(c2c(O)cc(CNc3cccc(C(F)F)n3)cc2F)SN1. The normalized spacial score (nSPS) is 14.1. The number of phenolic OH excluding ortho intramolecular Hbond substituents is 1. The smallest absolute Gasteiger partial charge is 0.280 e. The molecule has 0 unspecified atom stereocenters. The molecule has 132 valence electrons. The lowest BCUT2D eigenvalue weighted by Crippen LogP contribution is -2.16. The predicted octanol–water partition coefficient (Wildman–Crippen LogP) is 2.98. The van der Waals surface area contributed by atoms with Crippen LogP contribution in [0.2, 0.25) is 0 Å². The quantitative estimate of drug-likeness (QED) is 0.703. The molecule has 0 aliphatic carbocycles. The molecule has 2 heterocycles. The average Bonchev–Trinajstić information content (AvgIpc) is 2.98. The summed E-state index contributed by atoms with van der Waals surface area (Å²) in [6.07, 6.45) is -2.68. The van der Waals surface area contributed by atoms with E-state index in [0.717, 1.165) is 12.1 Å². The number of phenols is 1. The third kappa shape index (κ3) is 3.90. The highest BCUT2D eigenvalue weighted by Crippen LogP contribution is 2.36. The fourth-order valence-corrected chi connectivity index (χ4v) is 3.01. The lowest BCUT2D eigenvalue weighted by Gasteiger charge is -2.17. The number of carbonyl (C=O) groups excluding carboxylic acids is 1. The van der Waals surface area contributed by atoms with E-state index < -0.39 is 12.2 Å². The summed E-state index contributed by atoms with van der Waals surface area (Å²) in [5, 5.41) is 12.9. The number of pyridine rings is 1. The Bertz CT molecular complexity index is 783. The lowest BCUT2D eigenvalue weighted by molar-refractivity contribution is -0.117. The first-order valence-electron chi connectivity index (χ1n) is 7.17. The van der Waals surface area contributed by atoms with Gasteiger partial charge in [-0.1, -0.05) is 6.07 Å². The highest BCUT2D eigenvalue weighted by Gasteiger charge is 2.26. The average molecular weight is 370 g/mol. The van der Waals surface area contributed by atoms with E-state index >= 15 is 0 Å². The number of aromatic hydroxyl groups is 1. The largest absolute Gasteiger partial charge is 0.506 e. The molecule has 10 heteroatoms. The molecule has 0 bridgehead atoms. The molecule has 0 radical (unpaired) electrons. The number of halogens is 3. The van der Waals surface area contributed by atoms with E-state index in [1.165, 1.54) is 34.6 Å². The maximum atomic E-state index is 14.3. The molecule has 0 saturated carbocycles. The van der Waals surface area contributed by atoms with E-state index in [2.05, 4.69) is 15.0 Å². The van der Waals surface area contributed by atoms with Crippen LogP contribution >= 0.6 is 12.1 Å². The van der Waals surface area contributed by atoms with Gasteiger partial charge in [0.1, 0.15) is 29.5 Å². The van der Waals surface area contributed by atoms with Crippen LogP contribution in [0.15, 0.2) is 30.3 Å². The van der Waals surface area contributed by atoms with Crippen LogP contribution in [0.5, 0.6) is 5.75 Å². The summed E-state index contributed by atoms with van der Waals surface area (Å²) in [6, 6.07) is 6.69. The second kappa shape index (κ2) is 7.09. The maximum absolute atomic E-state index is 14.3. The summed E-state index contributed by atoms with van der Waals surface area (Å²) in [6.45, 7) is 0.00581. The molecule has 1 aliphatic rings. The molecule has 1 fully saturated rings. The zero-order chi connectivity index (χ0) is 18.0. The summed E-state index contributed by atoms with van der Waals surface area (Å²) >= 11 is 0.889. The summed E-state index contributed by atoms with van der Waals surface area (Å²) in [5.41, 5.74) is -0.0611. The molecule has 3 rings (SSSR count). The standard InChI is InChI=1S/C15H13F3N4O2S/c16-9-4-8(5-11(23)14(9)22-7-13(24)21-25-22)6-19-12-3-1-2-10(20-12)15(17)18/h1-5,15,23H,6-7H2,(H,19,20)(H,21,24). The number of rotatable bonds is 5. The van der Waals surface area contributed by atoms with Gasteiger partial charge in [-0.2, -0.15) is 0 Å². The first-order chi connectivity index (χ1) is 11.9. The topological polar surface area (TPSA) is 77.5 Å². The third-order valence-electron chi connectivity index (χ3n) is 3.38. The first-order valence-corrected chi connectivity index (χ1v) is 7.95. The fraction of sp³-hybridized carbons (Fsp3) is 0.200. The number of hydrogen-bond acceptors (Lipinski definition) is 6. The molecule has 1 amide bonds. The predicted molar refractivity (Wildman–Crippen MR) is 87.7 cm³/mol.